The number of rotatable bonds is 4. The van der Waals surface area contributed by atoms with Crippen molar-refractivity contribution < 1.29 is 8.54 Å². The van der Waals surface area contributed by atoms with Crippen LogP contribution in [0.4, 0.5) is 0 Å². The lowest BCUT2D eigenvalue weighted by Gasteiger charge is -2.24. The van der Waals surface area contributed by atoms with Gasteiger partial charge in [0.2, 0.25) is 0 Å². The maximum Gasteiger partial charge on any atom is 0.308 e. The van der Waals surface area contributed by atoms with E-state index in [0.717, 1.165) is 0 Å². The first-order valence-corrected chi connectivity index (χ1v) is 9.65. The second kappa shape index (κ2) is 4.40. The molecule has 68 valence electrons. The molecule has 1 atom stereocenters. The predicted octanol–water partition coefficient (Wildman–Crippen LogP) is 2.11. The molecule has 0 rings (SSSR count). The highest BCUT2D eigenvalue weighted by atomic mass is 28.4. The van der Waals surface area contributed by atoms with Crippen LogP contribution in [0.5, 0.6) is 0 Å². The summed E-state index contributed by atoms with van der Waals surface area (Å²) >= 11 is 0. The Morgan fingerprint density at radius 1 is 1.18 bits per heavy atom. The summed E-state index contributed by atoms with van der Waals surface area (Å²) < 4.78 is 11.4. The SMILES string of the molecule is CC(C)O[SiH](C)O[Si](C)(C)C. The molecule has 0 aromatic heterocycles. The Bertz CT molecular complexity index is 109. The zero-order chi connectivity index (χ0) is 9.07. The van der Waals surface area contributed by atoms with Crippen molar-refractivity contribution in [3.8, 4) is 0 Å². The van der Waals surface area contributed by atoms with Gasteiger partial charge in [0.1, 0.15) is 0 Å². The molecule has 0 aromatic rings. The molecule has 0 aliphatic carbocycles. The molecule has 4 heteroatoms. The first kappa shape index (κ1) is 11.4. The first-order chi connectivity index (χ1) is 4.81. The van der Waals surface area contributed by atoms with Crippen LogP contribution in [0.3, 0.4) is 0 Å². The molecule has 0 radical (unpaired) electrons. The Morgan fingerprint density at radius 2 is 1.64 bits per heavy atom. The summed E-state index contributed by atoms with van der Waals surface area (Å²) in [4.78, 5) is 0. The van der Waals surface area contributed by atoms with Crippen molar-refractivity contribution >= 4 is 17.6 Å². The van der Waals surface area contributed by atoms with Crippen LogP contribution in [0.2, 0.25) is 26.2 Å². The average Bonchev–Trinajstić information content (AvgIpc) is 1.53. The van der Waals surface area contributed by atoms with Crippen molar-refractivity contribution in [2.24, 2.45) is 0 Å². The Morgan fingerprint density at radius 3 is 1.91 bits per heavy atom. The molecule has 0 heterocycles. The maximum absolute atomic E-state index is 5.80. The lowest BCUT2D eigenvalue weighted by molar-refractivity contribution is 0.206. The van der Waals surface area contributed by atoms with Crippen molar-refractivity contribution in [1.29, 1.82) is 0 Å². The summed E-state index contributed by atoms with van der Waals surface area (Å²) in [7, 11) is -2.67. The normalized spacial score (nSPS) is 15.5. The maximum atomic E-state index is 5.80. The van der Waals surface area contributed by atoms with E-state index < -0.39 is 17.6 Å². The van der Waals surface area contributed by atoms with Crippen LogP contribution in [-0.2, 0) is 8.54 Å². The van der Waals surface area contributed by atoms with Gasteiger partial charge in [0.25, 0.3) is 0 Å². The van der Waals surface area contributed by atoms with Crippen LogP contribution in [0.15, 0.2) is 0 Å². The summed E-state index contributed by atoms with van der Waals surface area (Å²) in [6.45, 7) is 12.8. The third kappa shape index (κ3) is 8.26. The number of hydrogen-bond donors (Lipinski definition) is 0. The summed E-state index contributed by atoms with van der Waals surface area (Å²) in [6, 6.07) is 0. The topological polar surface area (TPSA) is 18.5 Å². The van der Waals surface area contributed by atoms with Crippen LogP contribution >= 0.6 is 0 Å². The van der Waals surface area contributed by atoms with Crippen LogP contribution in [0.25, 0.3) is 0 Å². The van der Waals surface area contributed by atoms with Gasteiger partial charge in [0, 0.05) is 6.10 Å². The monoisotopic (exact) mass is 192 g/mol. The van der Waals surface area contributed by atoms with E-state index in [0.29, 0.717) is 6.10 Å². The van der Waals surface area contributed by atoms with E-state index in [4.69, 9.17) is 8.54 Å². The fraction of sp³-hybridized carbons (Fsp3) is 1.00. The molecule has 0 saturated carbocycles. The molecule has 11 heavy (non-hydrogen) atoms. The summed E-state index contributed by atoms with van der Waals surface area (Å²) in [6.07, 6.45) is 0.313. The molecule has 0 N–H and O–H groups in total. The smallest absolute Gasteiger partial charge is 0.308 e. The summed E-state index contributed by atoms with van der Waals surface area (Å²) in [5.74, 6) is 0. The molecular formula is C7H20O2Si2. The minimum Gasteiger partial charge on any atom is -0.438 e. The molecule has 0 fully saturated rings. The van der Waals surface area contributed by atoms with Crippen molar-refractivity contribution in [2.75, 3.05) is 0 Å². The zero-order valence-corrected chi connectivity index (χ0v) is 10.6. The standard InChI is InChI=1S/C7H20O2Si2/c1-7(2)8-10(3)9-11(4,5)6/h7,10H,1-6H3. The van der Waals surface area contributed by atoms with Gasteiger partial charge in [-0.25, -0.2) is 0 Å². The van der Waals surface area contributed by atoms with Crippen molar-refractivity contribution in [3.63, 3.8) is 0 Å². The minimum absolute atomic E-state index is 0.313. The van der Waals surface area contributed by atoms with E-state index in [1.54, 1.807) is 0 Å². The highest BCUT2D eigenvalue weighted by Crippen LogP contribution is 2.06. The van der Waals surface area contributed by atoms with E-state index in [-0.39, 0.29) is 0 Å². The van der Waals surface area contributed by atoms with Crippen molar-refractivity contribution in [1.82, 2.24) is 0 Å². The highest BCUT2D eigenvalue weighted by Gasteiger charge is 2.20. The summed E-state index contributed by atoms with van der Waals surface area (Å²) in [5, 5.41) is 0. The Balaban J connectivity index is 3.61. The summed E-state index contributed by atoms with van der Waals surface area (Å²) in [5.41, 5.74) is 0. The van der Waals surface area contributed by atoms with Gasteiger partial charge in [-0.1, -0.05) is 0 Å². The lowest BCUT2D eigenvalue weighted by atomic mass is 10.5. The molecule has 1 unspecified atom stereocenters. The molecule has 0 aliphatic rings. The third-order valence-electron chi connectivity index (χ3n) is 0.983. The van der Waals surface area contributed by atoms with Gasteiger partial charge in [-0.3, -0.25) is 0 Å². The van der Waals surface area contributed by atoms with E-state index in [9.17, 15) is 0 Å². The van der Waals surface area contributed by atoms with Gasteiger partial charge in [-0.2, -0.15) is 0 Å². The van der Waals surface area contributed by atoms with E-state index >= 15 is 0 Å². The van der Waals surface area contributed by atoms with E-state index in [2.05, 4.69) is 40.0 Å². The van der Waals surface area contributed by atoms with Gasteiger partial charge < -0.3 is 8.54 Å². The average molecular weight is 192 g/mol. The molecule has 0 bridgehead atoms. The molecule has 0 saturated heterocycles. The van der Waals surface area contributed by atoms with Gasteiger partial charge in [0.05, 0.1) is 0 Å². The van der Waals surface area contributed by atoms with Gasteiger partial charge >= 0.3 is 9.28 Å². The Kier molecular flexibility index (Phi) is 4.54. The molecule has 0 aliphatic heterocycles. The molecule has 0 amide bonds. The lowest BCUT2D eigenvalue weighted by Crippen LogP contribution is -2.36. The van der Waals surface area contributed by atoms with Crippen LogP contribution in [0.1, 0.15) is 13.8 Å². The molecular weight excluding hydrogens is 172 g/mol. The fourth-order valence-electron chi connectivity index (χ4n) is 0.909. The zero-order valence-electron chi connectivity index (χ0n) is 8.47. The van der Waals surface area contributed by atoms with Crippen molar-refractivity contribution in [2.45, 2.75) is 46.1 Å². The van der Waals surface area contributed by atoms with Crippen molar-refractivity contribution in [3.05, 3.63) is 0 Å². The minimum atomic E-state index is -1.35. The molecule has 0 aromatic carbocycles. The van der Waals surface area contributed by atoms with Gasteiger partial charge in [0.15, 0.2) is 8.32 Å². The predicted molar refractivity (Wildman–Crippen MR) is 53.7 cm³/mol. The Labute approximate surface area is 72.9 Å². The van der Waals surface area contributed by atoms with Crippen LogP contribution < -0.4 is 0 Å². The van der Waals surface area contributed by atoms with E-state index in [1.807, 2.05) is 0 Å². The van der Waals surface area contributed by atoms with Crippen LogP contribution in [-0.4, -0.2) is 23.7 Å². The quantitative estimate of drug-likeness (QED) is 0.635. The van der Waals surface area contributed by atoms with Gasteiger partial charge in [-0.15, -0.1) is 0 Å². The molecule has 0 spiro atoms. The molecule has 2 nitrogen and oxygen atoms in total. The highest BCUT2D eigenvalue weighted by molar-refractivity contribution is 6.75. The Hall–Kier alpha value is 0.354. The van der Waals surface area contributed by atoms with Gasteiger partial charge in [-0.05, 0) is 40.0 Å². The second-order valence-electron chi connectivity index (χ2n) is 3.98. The number of hydrogen-bond acceptors (Lipinski definition) is 2. The first-order valence-electron chi connectivity index (χ1n) is 4.14. The van der Waals surface area contributed by atoms with E-state index in [1.165, 1.54) is 0 Å². The van der Waals surface area contributed by atoms with Crippen LogP contribution in [0, 0.1) is 0 Å². The fourth-order valence-corrected chi connectivity index (χ4v) is 5.88. The largest absolute Gasteiger partial charge is 0.438 e. The second-order valence-corrected chi connectivity index (χ2v) is 10.6. The third-order valence-corrected chi connectivity index (χ3v) is 6.07.